The third kappa shape index (κ3) is 4.10. The zero-order valence-corrected chi connectivity index (χ0v) is 14.6. The van der Waals surface area contributed by atoms with Gasteiger partial charge in [0.25, 0.3) is 0 Å². The summed E-state index contributed by atoms with van der Waals surface area (Å²) in [5, 5.41) is 3.18. The van der Waals surface area contributed by atoms with E-state index in [1.807, 2.05) is 0 Å². The molecule has 0 saturated heterocycles. The van der Waals surface area contributed by atoms with Crippen molar-refractivity contribution in [3.63, 3.8) is 0 Å². The van der Waals surface area contributed by atoms with Crippen molar-refractivity contribution in [1.82, 2.24) is 9.55 Å². The van der Waals surface area contributed by atoms with Crippen LogP contribution in [-0.4, -0.2) is 22.6 Å². The van der Waals surface area contributed by atoms with Crippen molar-refractivity contribution < 1.29 is 13.9 Å². The highest BCUT2D eigenvalue weighted by Gasteiger charge is 2.06. The number of carbonyl (C=O) groups is 1. The monoisotopic (exact) mass is 371 g/mol. The first-order valence-electron chi connectivity index (χ1n) is 7.67. The summed E-state index contributed by atoms with van der Waals surface area (Å²) in [6.07, 6.45) is 7.89. The molecule has 7 heteroatoms. The molecule has 0 fully saturated rings. The second kappa shape index (κ2) is 7.84. The topological polar surface area (TPSA) is 56.1 Å². The lowest BCUT2D eigenvalue weighted by molar-refractivity contribution is -0.111. The number of benzene rings is 2. The Bertz CT molecular complexity index is 955. The van der Waals surface area contributed by atoms with Gasteiger partial charge in [-0.3, -0.25) is 4.79 Å². The second-order valence-electron chi connectivity index (χ2n) is 5.35. The standard InChI is InChI=1S/C19H15ClFN3O2/c1-26-18-6-2-13(10-16(18)21)3-7-19(25)23-14-4-5-17(15(20)11-14)24-9-8-22-12-24/h2-12H,1H3,(H,23,25)/b7-3+. The first kappa shape index (κ1) is 17.7. The van der Waals surface area contributed by atoms with Gasteiger partial charge in [-0.2, -0.15) is 0 Å². The van der Waals surface area contributed by atoms with Crippen LogP contribution in [0.1, 0.15) is 5.56 Å². The fraction of sp³-hybridized carbons (Fsp3) is 0.0526. The summed E-state index contributed by atoms with van der Waals surface area (Å²) in [6.45, 7) is 0. The summed E-state index contributed by atoms with van der Waals surface area (Å²) in [6, 6.07) is 9.61. The van der Waals surface area contributed by atoms with E-state index in [9.17, 15) is 9.18 Å². The Morgan fingerprint density at radius 2 is 2.15 bits per heavy atom. The van der Waals surface area contributed by atoms with Gasteiger partial charge in [-0.1, -0.05) is 17.7 Å². The Morgan fingerprint density at radius 1 is 1.31 bits per heavy atom. The van der Waals surface area contributed by atoms with Gasteiger partial charge >= 0.3 is 0 Å². The maximum absolute atomic E-state index is 13.6. The minimum atomic E-state index is -0.489. The number of imidazole rings is 1. The molecule has 0 aliphatic heterocycles. The van der Waals surface area contributed by atoms with E-state index in [-0.39, 0.29) is 11.7 Å². The largest absolute Gasteiger partial charge is 0.494 e. The van der Waals surface area contributed by atoms with Crippen molar-refractivity contribution in [2.24, 2.45) is 0 Å². The summed E-state index contributed by atoms with van der Waals surface area (Å²) < 4.78 is 20.3. The first-order chi connectivity index (χ1) is 12.6. The van der Waals surface area contributed by atoms with Crippen molar-refractivity contribution in [3.05, 3.63) is 77.6 Å². The highest BCUT2D eigenvalue weighted by molar-refractivity contribution is 6.32. The van der Waals surface area contributed by atoms with Gasteiger partial charge in [0.15, 0.2) is 11.6 Å². The van der Waals surface area contributed by atoms with Crippen LogP contribution in [0.15, 0.2) is 61.2 Å². The number of nitrogens with one attached hydrogen (secondary N) is 1. The summed E-state index contributed by atoms with van der Waals surface area (Å²) in [4.78, 5) is 16.0. The Labute approximate surface area is 154 Å². The predicted molar refractivity (Wildman–Crippen MR) is 99.2 cm³/mol. The van der Waals surface area contributed by atoms with E-state index in [1.54, 1.807) is 47.6 Å². The van der Waals surface area contributed by atoms with Crippen LogP contribution in [0, 0.1) is 5.82 Å². The molecule has 1 N–H and O–H groups in total. The minimum Gasteiger partial charge on any atom is -0.494 e. The number of rotatable bonds is 5. The van der Waals surface area contributed by atoms with Crippen LogP contribution in [-0.2, 0) is 4.79 Å². The Morgan fingerprint density at radius 3 is 2.81 bits per heavy atom. The Balaban J connectivity index is 1.68. The lowest BCUT2D eigenvalue weighted by atomic mass is 10.2. The zero-order valence-electron chi connectivity index (χ0n) is 13.8. The molecule has 1 amide bonds. The third-order valence-electron chi connectivity index (χ3n) is 3.60. The van der Waals surface area contributed by atoms with E-state index in [0.29, 0.717) is 16.3 Å². The number of methoxy groups -OCH3 is 1. The highest BCUT2D eigenvalue weighted by Crippen LogP contribution is 2.24. The maximum Gasteiger partial charge on any atom is 0.248 e. The fourth-order valence-corrected chi connectivity index (χ4v) is 2.62. The SMILES string of the molecule is COc1ccc(/C=C/C(=O)Nc2ccc(-n3ccnc3)c(Cl)c2)cc1F. The summed E-state index contributed by atoms with van der Waals surface area (Å²) in [5.74, 6) is -0.691. The zero-order chi connectivity index (χ0) is 18.5. The quantitative estimate of drug-likeness (QED) is 0.679. The number of amides is 1. The van der Waals surface area contributed by atoms with Gasteiger partial charge in [0.05, 0.1) is 24.1 Å². The number of anilines is 1. The van der Waals surface area contributed by atoms with Crippen LogP contribution < -0.4 is 10.1 Å². The fourth-order valence-electron chi connectivity index (χ4n) is 2.34. The molecule has 1 heterocycles. The number of carbonyl (C=O) groups excluding carboxylic acids is 1. The first-order valence-corrected chi connectivity index (χ1v) is 8.05. The van der Waals surface area contributed by atoms with E-state index in [0.717, 1.165) is 5.69 Å². The number of aromatic nitrogens is 2. The number of nitrogens with zero attached hydrogens (tertiary/aromatic N) is 2. The molecule has 0 unspecified atom stereocenters. The number of halogens is 2. The molecule has 5 nitrogen and oxygen atoms in total. The molecule has 0 radical (unpaired) electrons. The average Bonchev–Trinajstić information content (AvgIpc) is 3.14. The van der Waals surface area contributed by atoms with Crippen molar-refractivity contribution in [2.75, 3.05) is 12.4 Å². The van der Waals surface area contributed by atoms with Gasteiger partial charge < -0.3 is 14.6 Å². The molecule has 26 heavy (non-hydrogen) atoms. The molecule has 0 aliphatic carbocycles. The minimum absolute atomic E-state index is 0.152. The third-order valence-corrected chi connectivity index (χ3v) is 3.90. The lowest BCUT2D eigenvalue weighted by Gasteiger charge is -2.08. The van der Waals surface area contributed by atoms with Gasteiger partial charge in [0.1, 0.15) is 0 Å². The van der Waals surface area contributed by atoms with Gasteiger partial charge in [-0.15, -0.1) is 0 Å². The van der Waals surface area contributed by atoms with Gasteiger partial charge in [-0.25, -0.2) is 9.37 Å². The summed E-state index contributed by atoms with van der Waals surface area (Å²) in [5.41, 5.74) is 1.85. The van der Waals surface area contributed by atoms with Gasteiger partial charge in [0.2, 0.25) is 5.91 Å². The van der Waals surface area contributed by atoms with E-state index < -0.39 is 5.82 Å². The second-order valence-corrected chi connectivity index (χ2v) is 5.76. The molecule has 0 atom stereocenters. The number of hydrogen-bond donors (Lipinski definition) is 1. The van der Waals surface area contributed by atoms with Crippen LogP contribution in [0.5, 0.6) is 5.75 Å². The molecule has 0 aliphatic rings. The van der Waals surface area contributed by atoms with Crippen LogP contribution in [0.2, 0.25) is 5.02 Å². The lowest BCUT2D eigenvalue weighted by Crippen LogP contribution is -2.08. The predicted octanol–water partition coefficient (Wildman–Crippen LogP) is 4.33. The Hall–Kier alpha value is -3.12. The van der Waals surface area contributed by atoms with Gasteiger partial charge in [-0.05, 0) is 42.0 Å². The molecule has 3 rings (SSSR count). The molecule has 132 valence electrons. The van der Waals surface area contributed by atoms with Crippen molar-refractivity contribution in [1.29, 1.82) is 0 Å². The van der Waals surface area contributed by atoms with E-state index in [4.69, 9.17) is 16.3 Å². The number of ether oxygens (including phenoxy) is 1. The Kier molecular flexibility index (Phi) is 5.34. The summed E-state index contributed by atoms with van der Waals surface area (Å²) in [7, 11) is 1.39. The highest BCUT2D eigenvalue weighted by atomic mass is 35.5. The number of hydrogen-bond acceptors (Lipinski definition) is 3. The van der Waals surface area contributed by atoms with E-state index in [1.165, 1.54) is 31.4 Å². The van der Waals surface area contributed by atoms with Crippen LogP contribution in [0.25, 0.3) is 11.8 Å². The maximum atomic E-state index is 13.6. The van der Waals surface area contributed by atoms with Crippen LogP contribution in [0.4, 0.5) is 10.1 Å². The molecular weight excluding hydrogens is 357 g/mol. The van der Waals surface area contributed by atoms with E-state index >= 15 is 0 Å². The molecule has 0 saturated carbocycles. The molecule has 0 bridgehead atoms. The van der Waals surface area contributed by atoms with E-state index in [2.05, 4.69) is 10.3 Å². The van der Waals surface area contributed by atoms with Crippen LogP contribution >= 0.6 is 11.6 Å². The van der Waals surface area contributed by atoms with Crippen molar-refractivity contribution >= 4 is 29.3 Å². The molecule has 3 aromatic rings. The average molecular weight is 372 g/mol. The smallest absolute Gasteiger partial charge is 0.248 e. The summed E-state index contributed by atoms with van der Waals surface area (Å²) >= 11 is 6.25. The molecule has 2 aromatic carbocycles. The van der Waals surface area contributed by atoms with Crippen molar-refractivity contribution in [2.45, 2.75) is 0 Å². The van der Waals surface area contributed by atoms with Crippen LogP contribution in [0.3, 0.4) is 0 Å². The van der Waals surface area contributed by atoms with Crippen molar-refractivity contribution in [3.8, 4) is 11.4 Å². The normalized spacial score (nSPS) is 10.9. The molecule has 1 aromatic heterocycles. The molecular formula is C19H15ClFN3O2. The van der Waals surface area contributed by atoms with Gasteiger partial charge in [0, 0.05) is 24.2 Å². The molecule has 0 spiro atoms.